The maximum atomic E-state index is 11.4. The monoisotopic (exact) mass is 269 g/mol. The number of ether oxygens (including phenoxy) is 1. The Kier molecular flexibility index (Phi) is 4.00. The fourth-order valence-corrected chi connectivity index (χ4v) is 1.74. The van der Waals surface area contributed by atoms with Crippen LogP contribution in [0.2, 0.25) is 0 Å². The third-order valence-electron chi connectivity index (χ3n) is 2.75. The molecule has 0 aliphatic rings. The number of methoxy groups -OCH3 is 1. The first-order chi connectivity index (χ1) is 9.61. The van der Waals surface area contributed by atoms with E-state index < -0.39 is 5.97 Å². The number of rotatable bonds is 3. The standard InChI is InChI=1S/C15H15N3O2/c1-20-15(19)10-7-8-12(13(16)9-10)14(17)18-11-5-3-2-4-6-11/h2-9H,16H2,1H3,(H2,17,18). The van der Waals surface area contributed by atoms with Gasteiger partial charge in [-0.05, 0) is 30.3 Å². The minimum atomic E-state index is -0.443. The van der Waals surface area contributed by atoms with Crippen LogP contribution in [0.15, 0.2) is 53.5 Å². The zero-order chi connectivity index (χ0) is 14.5. The zero-order valence-electron chi connectivity index (χ0n) is 11.0. The van der Waals surface area contributed by atoms with Crippen LogP contribution in [0.3, 0.4) is 0 Å². The molecule has 20 heavy (non-hydrogen) atoms. The minimum absolute atomic E-state index is 0.296. The van der Waals surface area contributed by atoms with E-state index in [0.717, 1.165) is 5.69 Å². The number of aliphatic imine (C=N–C) groups is 1. The third kappa shape index (κ3) is 2.95. The fraction of sp³-hybridized carbons (Fsp3) is 0.0667. The van der Waals surface area contributed by atoms with E-state index in [0.29, 0.717) is 22.6 Å². The molecule has 0 unspecified atom stereocenters. The number of amidine groups is 1. The van der Waals surface area contributed by atoms with Crippen LogP contribution in [0.25, 0.3) is 0 Å². The lowest BCUT2D eigenvalue weighted by Gasteiger charge is -2.07. The molecule has 0 fully saturated rings. The number of carbonyl (C=O) groups is 1. The number of hydrogen-bond donors (Lipinski definition) is 2. The maximum absolute atomic E-state index is 11.4. The van der Waals surface area contributed by atoms with Crippen LogP contribution in [0.4, 0.5) is 11.4 Å². The van der Waals surface area contributed by atoms with E-state index in [9.17, 15) is 4.79 Å². The largest absolute Gasteiger partial charge is 0.465 e. The molecule has 0 aliphatic heterocycles. The van der Waals surface area contributed by atoms with Gasteiger partial charge in [0.25, 0.3) is 0 Å². The summed E-state index contributed by atoms with van der Waals surface area (Å²) in [7, 11) is 1.32. The molecule has 0 aliphatic carbocycles. The molecule has 0 heterocycles. The molecule has 5 heteroatoms. The number of para-hydroxylation sites is 1. The van der Waals surface area contributed by atoms with Gasteiger partial charge in [-0.3, -0.25) is 0 Å². The van der Waals surface area contributed by atoms with Crippen LogP contribution in [-0.2, 0) is 4.74 Å². The second kappa shape index (κ2) is 5.88. The molecular formula is C15H15N3O2. The number of carbonyl (C=O) groups excluding carboxylic acids is 1. The highest BCUT2D eigenvalue weighted by atomic mass is 16.5. The van der Waals surface area contributed by atoms with Crippen LogP contribution in [0.5, 0.6) is 0 Å². The Bertz CT molecular complexity index is 651. The van der Waals surface area contributed by atoms with Gasteiger partial charge in [0.15, 0.2) is 0 Å². The van der Waals surface area contributed by atoms with Gasteiger partial charge in [-0.2, -0.15) is 0 Å². The van der Waals surface area contributed by atoms with Crippen LogP contribution in [-0.4, -0.2) is 18.9 Å². The lowest BCUT2D eigenvalue weighted by molar-refractivity contribution is 0.0601. The van der Waals surface area contributed by atoms with Crippen molar-refractivity contribution in [2.75, 3.05) is 12.8 Å². The van der Waals surface area contributed by atoms with E-state index in [2.05, 4.69) is 9.73 Å². The summed E-state index contributed by atoms with van der Waals surface area (Å²) in [5.41, 5.74) is 13.9. The van der Waals surface area contributed by atoms with Gasteiger partial charge < -0.3 is 16.2 Å². The predicted molar refractivity (Wildman–Crippen MR) is 79.0 cm³/mol. The summed E-state index contributed by atoms with van der Waals surface area (Å²) in [6.07, 6.45) is 0. The van der Waals surface area contributed by atoms with Crippen LogP contribution >= 0.6 is 0 Å². The summed E-state index contributed by atoms with van der Waals surface area (Å²) < 4.78 is 4.63. The summed E-state index contributed by atoms with van der Waals surface area (Å²) >= 11 is 0. The first-order valence-corrected chi connectivity index (χ1v) is 5.99. The molecular weight excluding hydrogens is 254 g/mol. The van der Waals surface area contributed by atoms with Crippen molar-refractivity contribution >= 4 is 23.2 Å². The number of benzene rings is 2. The summed E-state index contributed by atoms with van der Waals surface area (Å²) in [5.74, 6) is -0.146. The summed E-state index contributed by atoms with van der Waals surface area (Å²) in [5, 5.41) is 0. The Morgan fingerprint density at radius 2 is 1.85 bits per heavy atom. The second-order valence-corrected chi connectivity index (χ2v) is 4.13. The number of nitrogens with zero attached hydrogens (tertiary/aromatic N) is 1. The van der Waals surface area contributed by atoms with Crippen LogP contribution in [0, 0.1) is 0 Å². The van der Waals surface area contributed by atoms with E-state index in [1.54, 1.807) is 12.1 Å². The second-order valence-electron chi connectivity index (χ2n) is 4.13. The van der Waals surface area contributed by atoms with Crippen LogP contribution in [0.1, 0.15) is 15.9 Å². The zero-order valence-corrected chi connectivity index (χ0v) is 11.0. The molecule has 0 atom stereocenters. The molecule has 2 rings (SSSR count). The molecule has 0 bridgehead atoms. The van der Waals surface area contributed by atoms with E-state index in [1.165, 1.54) is 13.2 Å². The molecule has 4 N–H and O–H groups in total. The van der Waals surface area contributed by atoms with Crippen molar-refractivity contribution in [1.82, 2.24) is 0 Å². The Morgan fingerprint density at radius 3 is 2.45 bits per heavy atom. The lowest BCUT2D eigenvalue weighted by atomic mass is 10.1. The van der Waals surface area contributed by atoms with E-state index >= 15 is 0 Å². The molecule has 0 aromatic heterocycles. The van der Waals surface area contributed by atoms with Gasteiger partial charge in [-0.25, -0.2) is 9.79 Å². The van der Waals surface area contributed by atoms with Crippen molar-refractivity contribution < 1.29 is 9.53 Å². The van der Waals surface area contributed by atoms with Gasteiger partial charge in [0.2, 0.25) is 0 Å². The van der Waals surface area contributed by atoms with Crippen molar-refractivity contribution in [2.45, 2.75) is 0 Å². The van der Waals surface area contributed by atoms with E-state index in [4.69, 9.17) is 11.5 Å². The highest BCUT2D eigenvalue weighted by Crippen LogP contribution is 2.17. The molecule has 5 nitrogen and oxygen atoms in total. The molecule has 102 valence electrons. The fourth-order valence-electron chi connectivity index (χ4n) is 1.74. The minimum Gasteiger partial charge on any atom is -0.465 e. The Labute approximate surface area is 116 Å². The van der Waals surface area contributed by atoms with E-state index in [-0.39, 0.29) is 0 Å². The number of esters is 1. The molecule has 0 spiro atoms. The van der Waals surface area contributed by atoms with Crippen molar-refractivity contribution in [3.63, 3.8) is 0 Å². The normalized spacial score (nSPS) is 11.2. The number of nitrogen functional groups attached to an aromatic ring is 1. The predicted octanol–water partition coefficient (Wildman–Crippen LogP) is 2.09. The average molecular weight is 269 g/mol. The van der Waals surface area contributed by atoms with Gasteiger partial charge in [-0.15, -0.1) is 0 Å². The Hall–Kier alpha value is -2.82. The summed E-state index contributed by atoms with van der Waals surface area (Å²) in [6, 6.07) is 14.1. The van der Waals surface area contributed by atoms with Gasteiger partial charge in [-0.1, -0.05) is 18.2 Å². The molecule has 0 radical (unpaired) electrons. The number of anilines is 1. The third-order valence-corrected chi connectivity index (χ3v) is 2.75. The first kappa shape index (κ1) is 13.6. The van der Waals surface area contributed by atoms with Gasteiger partial charge in [0.1, 0.15) is 5.84 Å². The Morgan fingerprint density at radius 1 is 1.15 bits per heavy atom. The summed E-state index contributed by atoms with van der Waals surface area (Å²) in [4.78, 5) is 15.7. The maximum Gasteiger partial charge on any atom is 0.337 e. The SMILES string of the molecule is COC(=O)c1ccc(C(N)=Nc2ccccc2)c(N)c1. The quantitative estimate of drug-likeness (QED) is 0.386. The lowest BCUT2D eigenvalue weighted by Crippen LogP contribution is -2.16. The van der Waals surface area contributed by atoms with Gasteiger partial charge in [0, 0.05) is 11.3 Å². The van der Waals surface area contributed by atoms with Gasteiger partial charge in [0.05, 0.1) is 18.4 Å². The molecule has 0 saturated carbocycles. The van der Waals surface area contributed by atoms with E-state index in [1.807, 2.05) is 30.3 Å². The first-order valence-electron chi connectivity index (χ1n) is 5.99. The number of hydrogen-bond acceptors (Lipinski definition) is 4. The van der Waals surface area contributed by atoms with Crippen LogP contribution < -0.4 is 11.5 Å². The van der Waals surface area contributed by atoms with Crippen molar-refractivity contribution in [1.29, 1.82) is 0 Å². The smallest absolute Gasteiger partial charge is 0.337 e. The summed E-state index contributed by atoms with van der Waals surface area (Å²) in [6.45, 7) is 0. The average Bonchev–Trinajstić information content (AvgIpc) is 2.47. The van der Waals surface area contributed by atoms with Crippen molar-refractivity contribution in [2.24, 2.45) is 10.7 Å². The highest BCUT2D eigenvalue weighted by molar-refractivity contribution is 6.04. The topological polar surface area (TPSA) is 90.7 Å². The molecule has 2 aromatic rings. The van der Waals surface area contributed by atoms with Crippen molar-refractivity contribution in [3.8, 4) is 0 Å². The molecule has 2 aromatic carbocycles. The van der Waals surface area contributed by atoms with Gasteiger partial charge >= 0.3 is 5.97 Å². The number of nitrogens with two attached hydrogens (primary N) is 2. The Balaban J connectivity index is 2.34. The molecule has 0 saturated heterocycles. The molecule has 0 amide bonds. The highest BCUT2D eigenvalue weighted by Gasteiger charge is 2.10. The van der Waals surface area contributed by atoms with Crippen molar-refractivity contribution in [3.05, 3.63) is 59.7 Å².